The van der Waals surface area contributed by atoms with Crippen LogP contribution < -0.4 is 0 Å². The molecule has 1 aromatic heterocycles. The fraction of sp³-hybridized carbons (Fsp3) is 0.615. The van der Waals surface area contributed by atoms with E-state index >= 15 is 0 Å². The number of aryl methyl sites for hydroxylation is 2. The second kappa shape index (κ2) is 5.00. The summed E-state index contributed by atoms with van der Waals surface area (Å²) in [4.78, 5) is 12.0. The predicted octanol–water partition coefficient (Wildman–Crippen LogP) is 2.02. The highest BCUT2D eigenvalue weighted by molar-refractivity contribution is 7.91. The molecule has 2 unspecified atom stereocenters. The van der Waals surface area contributed by atoms with E-state index in [0.29, 0.717) is 36.3 Å². The third-order valence-corrected chi connectivity index (χ3v) is 5.12. The molecular weight excluding hydrogens is 268 g/mol. The molecule has 0 amide bonds. The Balaban J connectivity index is 2.00. The van der Waals surface area contributed by atoms with E-state index in [1.165, 1.54) is 6.26 Å². The molecule has 0 N–H and O–H groups in total. The van der Waals surface area contributed by atoms with Gasteiger partial charge in [-0.05, 0) is 32.8 Å². The summed E-state index contributed by atoms with van der Waals surface area (Å²) in [6.07, 6.45) is 2.45. The first-order valence-corrected chi connectivity index (χ1v) is 8.19. The van der Waals surface area contributed by atoms with Crippen LogP contribution in [0, 0.1) is 13.8 Å². The standard InChI is InChI=1S/C13H18O5S/c1-8-6-12(9(2)17-8)13(14)18-10-4-5-11(7-10)19(3,15)16/h6,10-11H,4-5,7H2,1-3H3. The van der Waals surface area contributed by atoms with Gasteiger partial charge in [0, 0.05) is 12.7 Å². The Morgan fingerprint density at radius 1 is 1.37 bits per heavy atom. The number of ether oxygens (including phenoxy) is 1. The van der Waals surface area contributed by atoms with Crippen molar-refractivity contribution in [2.24, 2.45) is 0 Å². The molecule has 1 heterocycles. The van der Waals surface area contributed by atoms with Crippen LogP contribution in [0.4, 0.5) is 0 Å². The molecule has 1 aliphatic carbocycles. The van der Waals surface area contributed by atoms with Gasteiger partial charge in [0.1, 0.15) is 33.0 Å². The highest BCUT2D eigenvalue weighted by Crippen LogP contribution is 2.28. The van der Waals surface area contributed by atoms with Crippen molar-refractivity contribution < 1.29 is 22.4 Å². The second-order valence-electron chi connectivity index (χ2n) is 5.12. The van der Waals surface area contributed by atoms with Gasteiger partial charge in [0.25, 0.3) is 0 Å². The van der Waals surface area contributed by atoms with Gasteiger partial charge in [-0.1, -0.05) is 0 Å². The van der Waals surface area contributed by atoms with Crippen molar-refractivity contribution in [3.63, 3.8) is 0 Å². The van der Waals surface area contributed by atoms with Gasteiger partial charge >= 0.3 is 5.97 Å². The third-order valence-electron chi connectivity index (χ3n) is 3.48. The number of hydrogen-bond acceptors (Lipinski definition) is 5. The first-order valence-electron chi connectivity index (χ1n) is 6.24. The summed E-state index contributed by atoms with van der Waals surface area (Å²) >= 11 is 0. The van der Waals surface area contributed by atoms with Crippen LogP contribution in [0.3, 0.4) is 0 Å². The van der Waals surface area contributed by atoms with Crippen LogP contribution in [-0.4, -0.2) is 32.0 Å². The summed E-state index contributed by atoms with van der Waals surface area (Å²) in [5.41, 5.74) is 0.417. The predicted molar refractivity (Wildman–Crippen MR) is 69.9 cm³/mol. The minimum Gasteiger partial charge on any atom is -0.466 e. The topological polar surface area (TPSA) is 73.6 Å². The molecule has 1 aliphatic rings. The Labute approximate surface area is 112 Å². The molecule has 0 saturated heterocycles. The Bertz CT molecular complexity index is 584. The normalized spacial score (nSPS) is 23.5. The smallest absolute Gasteiger partial charge is 0.341 e. The highest BCUT2D eigenvalue weighted by Gasteiger charge is 2.34. The summed E-state index contributed by atoms with van der Waals surface area (Å²) in [5, 5.41) is -0.391. The van der Waals surface area contributed by atoms with E-state index < -0.39 is 21.1 Å². The summed E-state index contributed by atoms with van der Waals surface area (Å²) in [6, 6.07) is 1.64. The molecule has 0 radical (unpaired) electrons. The van der Waals surface area contributed by atoms with Gasteiger partial charge in [0.15, 0.2) is 0 Å². The average molecular weight is 286 g/mol. The quantitative estimate of drug-likeness (QED) is 0.795. The summed E-state index contributed by atoms with van der Waals surface area (Å²) < 4.78 is 33.5. The summed E-state index contributed by atoms with van der Waals surface area (Å²) in [7, 11) is -3.05. The van der Waals surface area contributed by atoms with Crippen LogP contribution in [0.5, 0.6) is 0 Å². The van der Waals surface area contributed by atoms with Crippen molar-refractivity contribution in [3.05, 3.63) is 23.2 Å². The van der Waals surface area contributed by atoms with Gasteiger partial charge in [0.2, 0.25) is 0 Å². The number of rotatable bonds is 3. The molecule has 0 spiro atoms. The monoisotopic (exact) mass is 286 g/mol. The van der Waals surface area contributed by atoms with Crippen LogP contribution in [0.15, 0.2) is 10.5 Å². The molecule has 2 atom stereocenters. The van der Waals surface area contributed by atoms with Gasteiger partial charge in [0.05, 0.1) is 5.25 Å². The number of carbonyl (C=O) groups is 1. The van der Waals surface area contributed by atoms with Gasteiger partial charge in [-0.3, -0.25) is 0 Å². The molecular formula is C13H18O5S. The van der Waals surface area contributed by atoms with Gasteiger partial charge < -0.3 is 9.15 Å². The van der Waals surface area contributed by atoms with Crippen molar-refractivity contribution in [1.29, 1.82) is 0 Å². The molecule has 1 aromatic rings. The number of sulfone groups is 1. The van der Waals surface area contributed by atoms with Gasteiger partial charge in [-0.2, -0.15) is 0 Å². The van der Waals surface area contributed by atoms with Crippen LogP contribution in [0.1, 0.15) is 41.1 Å². The zero-order valence-corrected chi connectivity index (χ0v) is 12.1. The van der Waals surface area contributed by atoms with E-state index in [0.717, 1.165) is 0 Å². The van der Waals surface area contributed by atoms with Crippen molar-refractivity contribution in [3.8, 4) is 0 Å². The maximum absolute atomic E-state index is 12.0. The van der Waals surface area contributed by atoms with E-state index in [4.69, 9.17) is 9.15 Å². The van der Waals surface area contributed by atoms with Crippen LogP contribution >= 0.6 is 0 Å². The molecule has 6 heteroatoms. The lowest BCUT2D eigenvalue weighted by atomic mass is 10.2. The third kappa shape index (κ3) is 3.18. The zero-order valence-electron chi connectivity index (χ0n) is 11.3. The van der Waals surface area contributed by atoms with Gasteiger partial charge in [-0.25, -0.2) is 13.2 Å². The van der Waals surface area contributed by atoms with E-state index in [1.54, 1.807) is 19.9 Å². The first kappa shape index (κ1) is 14.1. The lowest BCUT2D eigenvalue weighted by Crippen LogP contribution is -2.20. The number of hydrogen-bond donors (Lipinski definition) is 0. The van der Waals surface area contributed by atoms with Crippen LogP contribution in [-0.2, 0) is 14.6 Å². The number of esters is 1. The van der Waals surface area contributed by atoms with Gasteiger partial charge in [-0.15, -0.1) is 0 Å². The van der Waals surface area contributed by atoms with Crippen molar-refractivity contribution in [2.45, 2.75) is 44.5 Å². The summed E-state index contributed by atoms with van der Waals surface area (Å²) in [5.74, 6) is 0.749. The molecule has 0 aromatic carbocycles. The van der Waals surface area contributed by atoms with E-state index in [-0.39, 0.29) is 6.10 Å². The van der Waals surface area contributed by atoms with E-state index in [9.17, 15) is 13.2 Å². The van der Waals surface area contributed by atoms with Crippen molar-refractivity contribution in [1.82, 2.24) is 0 Å². The minimum absolute atomic E-state index is 0.318. The van der Waals surface area contributed by atoms with Crippen molar-refractivity contribution >= 4 is 15.8 Å². The van der Waals surface area contributed by atoms with E-state index in [1.807, 2.05) is 0 Å². The van der Waals surface area contributed by atoms with Crippen LogP contribution in [0.2, 0.25) is 0 Å². The lowest BCUT2D eigenvalue weighted by Gasteiger charge is -2.11. The molecule has 19 heavy (non-hydrogen) atoms. The second-order valence-corrected chi connectivity index (χ2v) is 7.44. The Hall–Kier alpha value is -1.30. The summed E-state index contributed by atoms with van der Waals surface area (Å²) in [6.45, 7) is 3.47. The minimum atomic E-state index is -3.05. The molecule has 5 nitrogen and oxygen atoms in total. The Morgan fingerprint density at radius 3 is 2.53 bits per heavy atom. The maximum atomic E-state index is 12.0. The van der Waals surface area contributed by atoms with Crippen molar-refractivity contribution in [2.75, 3.05) is 6.26 Å². The Kier molecular flexibility index (Phi) is 3.71. The van der Waals surface area contributed by atoms with Crippen LogP contribution in [0.25, 0.3) is 0 Å². The number of furan rings is 1. The highest BCUT2D eigenvalue weighted by atomic mass is 32.2. The largest absolute Gasteiger partial charge is 0.466 e. The Morgan fingerprint density at radius 2 is 2.05 bits per heavy atom. The molecule has 0 bridgehead atoms. The molecule has 2 rings (SSSR count). The fourth-order valence-corrected chi connectivity index (χ4v) is 3.57. The molecule has 106 valence electrons. The number of carbonyl (C=O) groups excluding carboxylic acids is 1. The fourth-order valence-electron chi connectivity index (χ4n) is 2.44. The molecule has 1 fully saturated rings. The SMILES string of the molecule is Cc1cc(C(=O)OC2CCC(S(C)(=O)=O)C2)c(C)o1. The maximum Gasteiger partial charge on any atom is 0.341 e. The average Bonchev–Trinajstić information content (AvgIpc) is 2.84. The molecule has 0 aliphatic heterocycles. The zero-order chi connectivity index (χ0) is 14.2. The molecule has 1 saturated carbocycles. The first-order chi connectivity index (χ1) is 8.77. The van der Waals surface area contributed by atoms with E-state index in [2.05, 4.69) is 0 Å². The lowest BCUT2D eigenvalue weighted by molar-refractivity contribution is 0.0316.